The Morgan fingerprint density at radius 3 is 3.00 bits per heavy atom. The van der Waals surface area contributed by atoms with E-state index in [1.165, 1.54) is 37.0 Å². The average molecular weight is 215 g/mol. The zero-order valence-electron chi connectivity index (χ0n) is 7.71. The summed E-state index contributed by atoms with van der Waals surface area (Å²) >= 11 is 7.94. The highest BCUT2D eigenvalue weighted by Gasteiger charge is 2.22. The van der Waals surface area contributed by atoms with E-state index in [0.717, 1.165) is 5.92 Å². The largest absolute Gasteiger partial charge is 0.149 e. The fourth-order valence-corrected chi connectivity index (χ4v) is 3.18. The van der Waals surface area contributed by atoms with Crippen molar-refractivity contribution >= 4 is 22.9 Å². The molecule has 13 heavy (non-hydrogen) atoms. The molecule has 0 N–H and O–H groups in total. The molecule has 2 atom stereocenters. The molecule has 0 spiro atoms. The average Bonchev–Trinajstić information content (AvgIpc) is 2.71. The van der Waals surface area contributed by atoms with Gasteiger partial charge < -0.3 is 0 Å². The van der Waals surface area contributed by atoms with Gasteiger partial charge in [-0.1, -0.05) is 6.07 Å². The highest BCUT2D eigenvalue weighted by molar-refractivity contribution is 7.09. The van der Waals surface area contributed by atoms with Gasteiger partial charge in [0.25, 0.3) is 0 Å². The second-order valence-electron chi connectivity index (χ2n) is 3.89. The summed E-state index contributed by atoms with van der Waals surface area (Å²) in [6.45, 7) is 0. The SMILES string of the molecule is ClC1CCC(CCc2cccs2)C1. The predicted molar refractivity (Wildman–Crippen MR) is 59.6 cm³/mol. The van der Waals surface area contributed by atoms with Crippen LogP contribution in [0.25, 0.3) is 0 Å². The second-order valence-corrected chi connectivity index (χ2v) is 5.54. The molecule has 1 aliphatic rings. The van der Waals surface area contributed by atoms with Gasteiger partial charge in [-0.3, -0.25) is 0 Å². The predicted octanol–water partition coefficient (Wildman–Crippen LogP) is 4.09. The van der Waals surface area contributed by atoms with Gasteiger partial charge in [0, 0.05) is 10.3 Å². The first-order valence-corrected chi connectivity index (χ1v) is 6.32. The first-order chi connectivity index (χ1) is 6.34. The quantitative estimate of drug-likeness (QED) is 0.665. The van der Waals surface area contributed by atoms with Crippen LogP contribution in [0.5, 0.6) is 0 Å². The molecule has 0 bridgehead atoms. The summed E-state index contributed by atoms with van der Waals surface area (Å²) in [5, 5.41) is 2.63. The summed E-state index contributed by atoms with van der Waals surface area (Å²) < 4.78 is 0. The van der Waals surface area contributed by atoms with Crippen LogP contribution >= 0.6 is 22.9 Å². The van der Waals surface area contributed by atoms with E-state index in [9.17, 15) is 0 Å². The van der Waals surface area contributed by atoms with Crippen molar-refractivity contribution in [3.8, 4) is 0 Å². The van der Waals surface area contributed by atoms with Crippen LogP contribution < -0.4 is 0 Å². The first kappa shape index (κ1) is 9.54. The lowest BCUT2D eigenvalue weighted by molar-refractivity contribution is 0.506. The van der Waals surface area contributed by atoms with Crippen LogP contribution in [-0.4, -0.2) is 5.38 Å². The van der Waals surface area contributed by atoms with Crippen LogP contribution in [0.15, 0.2) is 17.5 Å². The maximum absolute atomic E-state index is 6.07. The van der Waals surface area contributed by atoms with E-state index in [4.69, 9.17) is 11.6 Å². The zero-order valence-corrected chi connectivity index (χ0v) is 9.28. The van der Waals surface area contributed by atoms with E-state index in [1.807, 2.05) is 11.3 Å². The summed E-state index contributed by atoms with van der Waals surface area (Å²) in [4.78, 5) is 1.53. The molecule has 1 saturated carbocycles. The molecular weight excluding hydrogens is 200 g/mol. The number of aryl methyl sites for hydroxylation is 1. The number of thiophene rings is 1. The Labute approximate surface area is 88.9 Å². The third kappa shape index (κ3) is 2.72. The van der Waals surface area contributed by atoms with Crippen molar-refractivity contribution in [2.45, 2.75) is 37.5 Å². The molecular formula is C11H15ClS. The monoisotopic (exact) mass is 214 g/mol. The minimum absolute atomic E-state index is 0.466. The van der Waals surface area contributed by atoms with Crippen LogP contribution in [-0.2, 0) is 6.42 Å². The molecule has 0 aliphatic heterocycles. The Morgan fingerprint density at radius 2 is 2.38 bits per heavy atom. The number of alkyl halides is 1. The standard InChI is InChI=1S/C11H15ClS/c12-10-5-3-9(8-10)4-6-11-2-1-7-13-11/h1-2,7,9-10H,3-6,8H2. The summed E-state index contributed by atoms with van der Waals surface area (Å²) in [6.07, 6.45) is 6.42. The van der Waals surface area contributed by atoms with Gasteiger partial charge in [0.15, 0.2) is 0 Å². The van der Waals surface area contributed by atoms with Crippen molar-refractivity contribution in [1.82, 2.24) is 0 Å². The Kier molecular flexibility index (Phi) is 3.28. The Morgan fingerprint density at radius 1 is 1.46 bits per heavy atom. The van der Waals surface area contributed by atoms with E-state index >= 15 is 0 Å². The van der Waals surface area contributed by atoms with Crippen molar-refractivity contribution in [3.05, 3.63) is 22.4 Å². The highest BCUT2D eigenvalue weighted by atomic mass is 35.5. The molecule has 2 heteroatoms. The zero-order chi connectivity index (χ0) is 9.10. The molecule has 1 fully saturated rings. The number of rotatable bonds is 3. The Bertz CT molecular complexity index is 243. The van der Waals surface area contributed by atoms with Crippen molar-refractivity contribution in [2.75, 3.05) is 0 Å². The van der Waals surface area contributed by atoms with E-state index in [1.54, 1.807) is 0 Å². The minimum atomic E-state index is 0.466. The fraction of sp³-hybridized carbons (Fsp3) is 0.636. The minimum Gasteiger partial charge on any atom is -0.149 e. The fourth-order valence-electron chi connectivity index (χ4n) is 2.08. The molecule has 0 saturated heterocycles. The second kappa shape index (κ2) is 4.47. The lowest BCUT2D eigenvalue weighted by Gasteiger charge is -2.06. The lowest BCUT2D eigenvalue weighted by atomic mass is 10.0. The van der Waals surface area contributed by atoms with Crippen molar-refractivity contribution < 1.29 is 0 Å². The third-order valence-electron chi connectivity index (χ3n) is 2.86. The maximum Gasteiger partial charge on any atom is 0.0338 e. The van der Waals surface area contributed by atoms with E-state index in [0.29, 0.717) is 5.38 Å². The number of halogens is 1. The topological polar surface area (TPSA) is 0 Å². The lowest BCUT2D eigenvalue weighted by Crippen LogP contribution is -1.97. The molecule has 0 aromatic carbocycles. The molecule has 1 aromatic rings. The molecule has 1 heterocycles. The molecule has 2 unspecified atom stereocenters. The summed E-state index contributed by atoms with van der Waals surface area (Å²) in [5.74, 6) is 0.893. The highest BCUT2D eigenvalue weighted by Crippen LogP contribution is 2.32. The molecule has 1 aromatic heterocycles. The van der Waals surface area contributed by atoms with E-state index in [-0.39, 0.29) is 0 Å². The first-order valence-electron chi connectivity index (χ1n) is 5.01. The molecule has 0 nitrogen and oxygen atoms in total. The normalized spacial score (nSPS) is 28.1. The third-order valence-corrected chi connectivity index (χ3v) is 4.19. The molecule has 1 aliphatic carbocycles. The van der Waals surface area contributed by atoms with Gasteiger partial charge in [0.05, 0.1) is 0 Å². The van der Waals surface area contributed by atoms with Gasteiger partial charge >= 0.3 is 0 Å². The smallest absolute Gasteiger partial charge is 0.0338 e. The van der Waals surface area contributed by atoms with E-state index in [2.05, 4.69) is 17.5 Å². The van der Waals surface area contributed by atoms with Gasteiger partial charge in [-0.25, -0.2) is 0 Å². The molecule has 0 amide bonds. The molecule has 2 rings (SSSR count). The maximum atomic E-state index is 6.07. The summed E-state index contributed by atoms with van der Waals surface area (Å²) in [7, 11) is 0. The van der Waals surface area contributed by atoms with E-state index < -0.39 is 0 Å². The van der Waals surface area contributed by atoms with Crippen molar-refractivity contribution in [2.24, 2.45) is 5.92 Å². The van der Waals surface area contributed by atoms with Gasteiger partial charge in [-0.15, -0.1) is 22.9 Å². The van der Waals surface area contributed by atoms with Crippen LogP contribution in [0.1, 0.15) is 30.6 Å². The molecule has 72 valence electrons. The van der Waals surface area contributed by atoms with Gasteiger partial charge in [-0.05, 0) is 49.5 Å². The van der Waals surface area contributed by atoms with Crippen molar-refractivity contribution in [1.29, 1.82) is 0 Å². The van der Waals surface area contributed by atoms with Crippen LogP contribution in [0.2, 0.25) is 0 Å². The Balaban J connectivity index is 1.74. The van der Waals surface area contributed by atoms with Crippen LogP contribution in [0.3, 0.4) is 0 Å². The Hall–Kier alpha value is -0.0100. The number of hydrogen-bond donors (Lipinski definition) is 0. The summed E-state index contributed by atoms with van der Waals surface area (Å²) in [6, 6.07) is 4.37. The van der Waals surface area contributed by atoms with Gasteiger partial charge in [0.2, 0.25) is 0 Å². The van der Waals surface area contributed by atoms with Gasteiger partial charge in [-0.2, -0.15) is 0 Å². The van der Waals surface area contributed by atoms with Crippen LogP contribution in [0, 0.1) is 5.92 Å². The summed E-state index contributed by atoms with van der Waals surface area (Å²) in [5.41, 5.74) is 0. The number of hydrogen-bond acceptors (Lipinski definition) is 1. The van der Waals surface area contributed by atoms with Crippen LogP contribution in [0.4, 0.5) is 0 Å². The molecule has 0 radical (unpaired) electrons. The van der Waals surface area contributed by atoms with Crippen molar-refractivity contribution in [3.63, 3.8) is 0 Å². The van der Waals surface area contributed by atoms with Gasteiger partial charge in [0.1, 0.15) is 0 Å².